The second kappa shape index (κ2) is 5.24. The van der Waals surface area contributed by atoms with Crippen molar-refractivity contribution in [3.8, 4) is 0 Å². The largest absolute Gasteiger partial charge is 0.356 e. The van der Waals surface area contributed by atoms with E-state index >= 15 is 0 Å². The average Bonchev–Trinajstić information content (AvgIpc) is 2.90. The molecule has 0 aromatic carbocycles. The zero-order valence-corrected chi connectivity index (χ0v) is 13.5. The number of alkyl halides is 1. The van der Waals surface area contributed by atoms with E-state index < -0.39 is 0 Å². The number of hydrogen-bond acceptors (Lipinski definition) is 2. The Morgan fingerprint density at radius 1 is 1.33 bits per heavy atom. The number of aryl methyl sites for hydroxylation is 2. The molecule has 102 valence electrons. The van der Waals surface area contributed by atoms with Crippen LogP contribution in [-0.4, -0.2) is 22.9 Å². The first-order valence-electron chi connectivity index (χ1n) is 6.90. The number of anilines is 1. The van der Waals surface area contributed by atoms with Crippen molar-refractivity contribution in [3.63, 3.8) is 0 Å². The summed E-state index contributed by atoms with van der Waals surface area (Å²) in [6.45, 7) is 9.10. The van der Waals surface area contributed by atoms with E-state index in [1.807, 2.05) is 4.68 Å². The number of rotatable bonds is 4. The summed E-state index contributed by atoms with van der Waals surface area (Å²) in [5.41, 5.74) is 3.01. The third kappa shape index (κ3) is 2.20. The highest BCUT2D eigenvalue weighted by molar-refractivity contribution is 9.08. The summed E-state index contributed by atoms with van der Waals surface area (Å²) >= 11 is 3.60. The zero-order chi connectivity index (χ0) is 13.3. The minimum Gasteiger partial charge on any atom is -0.356 e. The van der Waals surface area contributed by atoms with Crippen molar-refractivity contribution in [1.82, 2.24) is 9.78 Å². The monoisotopic (exact) mass is 313 g/mol. The predicted octanol–water partition coefficient (Wildman–Crippen LogP) is 3.64. The molecule has 1 aromatic rings. The summed E-state index contributed by atoms with van der Waals surface area (Å²) in [5, 5.41) is 5.46. The van der Waals surface area contributed by atoms with Gasteiger partial charge in [-0.2, -0.15) is 5.10 Å². The summed E-state index contributed by atoms with van der Waals surface area (Å²) in [6, 6.07) is 0. The standard InChI is InChI=1S/C14H24BrN3/c1-5-14(6-2)7-8-18(10-14)13-12(9-15)11(3)16-17(13)4/h5-10H2,1-4H3. The normalized spacial score (nSPS) is 18.6. The van der Waals surface area contributed by atoms with Gasteiger partial charge in [0.2, 0.25) is 0 Å². The second-order valence-corrected chi connectivity index (χ2v) is 6.08. The topological polar surface area (TPSA) is 21.1 Å². The van der Waals surface area contributed by atoms with Gasteiger partial charge in [0, 0.05) is 31.0 Å². The molecule has 2 rings (SSSR count). The van der Waals surface area contributed by atoms with Gasteiger partial charge < -0.3 is 4.90 Å². The van der Waals surface area contributed by atoms with E-state index in [1.165, 1.54) is 43.7 Å². The van der Waals surface area contributed by atoms with Crippen LogP contribution in [0, 0.1) is 12.3 Å². The van der Waals surface area contributed by atoms with E-state index in [0.717, 1.165) is 11.0 Å². The minimum absolute atomic E-state index is 0.516. The van der Waals surface area contributed by atoms with E-state index in [-0.39, 0.29) is 0 Å². The molecule has 3 nitrogen and oxygen atoms in total. The first kappa shape index (κ1) is 13.9. The molecule has 0 saturated carbocycles. The molecule has 0 amide bonds. The molecule has 1 aliphatic rings. The highest BCUT2D eigenvalue weighted by atomic mass is 79.9. The Balaban J connectivity index is 2.29. The number of hydrogen-bond donors (Lipinski definition) is 0. The highest BCUT2D eigenvalue weighted by Crippen LogP contribution is 2.40. The van der Waals surface area contributed by atoms with Gasteiger partial charge in [-0.3, -0.25) is 4.68 Å². The second-order valence-electron chi connectivity index (χ2n) is 5.52. The summed E-state index contributed by atoms with van der Waals surface area (Å²) in [4.78, 5) is 2.53. The molecule has 0 radical (unpaired) electrons. The Labute approximate surface area is 119 Å². The Kier molecular flexibility index (Phi) is 4.05. The van der Waals surface area contributed by atoms with E-state index in [0.29, 0.717) is 5.41 Å². The van der Waals surface area contributed by atoms with Crippen LogP contribution < -0.4 is 4.90 Å². The van der Waals surface area contributed by atoms with Gasteiger partial charge in [-0.05, 0) is 31.6 Å². The van der Waals surface area contributed by atoms with Gasteiger partial charge in [0.1, 0.15) is 5.82 Å². The fourth-order valence-corrected chi connectivity index (χ4v) is 3.84. The van der Waals surface area contributed by atoms with Crippen molar-refractivity contribution in [2.75, 3.05) is 18.0 Å². The Morgan fingerprint density at radius 3 is 2.50 bits per heavy atom. The maximum atomic E-state index is 4.57. The molecule has 0 N–H and O–H groups in total. The first-order valence-corrected chi connectivity index (χ1v) is 8.02. The molecule has 4 heteroatoms. The lowest BCUT2D eigenvalue weighted by Gasteiger charge is -2.27. The third-order valence-electron chi connectivity index (χ3n) is 4.68. The Bertz CT molecular complexity index is 421. The van der Waals surface area contributed by atoms with Crippen LogP contribution in [0.25, 0.3) is 0 Å². The molecule has 0 aliphatic carbocycles. The summed E-state index contributed by atoms with van der Waals surface area (Å²) in [6.07, 6.45) is 3.87. The van der Waals surface area contributed by atoms with Gasteiger partial charge in [-0.25, -0.2) is 0 Å². The highest BCUT2D eigenvalue weighted by Gasteiger charge is 2.36. The van der Waals surface area contributed by atoms with Crippen LogP contribution in [0.2, 0.25) is 0 Å². The van der Waals surface area contributed by atoms with Crippen molar-refractivity contribution in [2.45, 2.75) is 45.4 Å². The van der Waals surface area contributed by atoms with Crippen LogP contribution in [0.1, 0.15) is 44.4 Å². The van der Waals surface area contributed by atoms with Crippen molar-refractivity contribution in [1.29, 1.82) is 0 Å². The lowest BCUT2D eigenvalue weighted by atomic mass is 9.82. The zero-order valence-electron chi connectivity index (χ0n) is 12.0. The molecule has 1 aliphatic heterocycles. The molecule has 0 spiro atoms. The average molecular weight is 314 g/mol. The lowest BCUT2D eigenvalue weighted by Crippen LogP contribution is -2.28. The smallest absolute Gasteiger partial charge is 0.130 e. The van der Waals surface area contributed by atoms with E-state index in [4.69, 9.17) is 0 Å². The quantitative estimate of drug-likeness (QED) is 0.791. The van der Waals surface area contributed by atoms with Gasteiger partial charge in [-0.15, -0.1) is 0 Å². The van der Waals surface area contributed by atoms with Crippen molar-refractivity contribution in [3.05, 3.63) is 11.3 Å². The van der Waals surface area contributed by atoms with Gasteiger partial charge >= 0.3 is 0 Å². The van der Waals surface area contributed by atoms with Gasteiger partial charge in [-0.1, -0.05) is 29.8 Å². The SMILES string of the molecule is CCC1(CC)CCN(c2c(CBr)c(C)nn2C)C1. The van der Waals surface area contributed by atoms with Crippen LogP contribution in [0.15, 0.2) is 0 Å². The molecule has 1 saturated heterocycles. The summed E-state index contributed by atoms with van der Waals surface area (Å²) in [7, 11) is 2.06. The van der Waals surface area contributed by atoms with E-state index in [2.05, 4.69) is 53.7 Å². The maximum Gasteiger partial charge on any atom is 0.130 e. The van der Waals surface area contributed by atoms with Crippen LogP contribution in [-0.2, 0) is 12.4 Å². The fourth-order valence-electron chi connectivity index (χ4n) is 3.18. The van der Waals surface area contributed by atoms with E-state index in [1.54, 1.807) is 0 Å². The van der Waals surface area contributed by atoms with Gasteiger partial charge in [0.25, 0.3) is 0 Å². The molecule has 1 aromatic heterocycles. The molecule has 1 fully saturated rings. The van der Waals surface area contributed by atoms with Crippen molar-refractivity contribution < 1.29 is 0 Å². The van der Waals surface area contributed by atoms with Crippen LogP contribution >= 0.6 is 15.9 Å². The minimum atomic E-state index is 0.516. The van der Waals surface area contributed by atoms with Crippen LogP contribution in [0.4, 0.5) is 5.82 Å². The molecular weight excluding hydrogens is 290 g/mol. The third-order valence-corrected chi connectivity index (χ3v) is 5.25. The molecule has 0 atom stereocenters. The number of aromatic nitrogens is 2. The van der Waals surface area contributed by atoms with Gasteiger partial charge in [0.05, 0.1) is 5.69 Å². The van der Waals surface area contributed by atoms with Crippen LogP contribution in [0.5, 0.6) is 0 Å². The van der Waals surface area contributed by atoms with Crippen LogP contribution in [0.3, 0.4) is 0 Å². The molecule has 0 bridgehead atoms. The maximum absolute atomic E-state index is 4.57. The molecule has 2 heterocycles. The van der Waals surface area contributed by atoms with Gasteiger partial charge in [0.15, 0.2) is 0 Å². The Hall–Kier alpha value is -0.510. The number of halogens is 1. The fraction of sp³-hybridized carbons (Fsp3) is 0.786. The summed E-state index contributed by atoms with van der Waals surface area (Å²) < 4.78 is 2.05. The first-order chi connectivity index (χ1) is 8.56. The van der Waals surface area contributed by atoms with Crippen molar-refractivity contribution >= 4 is 21.7 Å². The van der Waals surface area contributed by atoms with Crippen molar-refractivity contribution in [2.24, 2.45) is 12.5 Å². The molecule has 0 unspecified atom stereocenters. The summed E-state index contributed by atoms with van der Waals surface area (Å²) in [5.74, 6) is 1.31. The molecule has 18 heavy (non-hydrogen) atoms. The predicted molar refractivity (Wildman–Crippen MR) is 80.4 cm³/mol. The molecular formula is C14H24BrN3. The van der Waals surface area contributed by atoms with E-state index in [9.17, 15) is 0 Å². The Morgan fingerprint density at radius 2 is 2.00 bits per heavy atom. The lowest BCUT2D eigenvalue weighted by molar-refractivity contribution is 0.301. The number of nitrogens with zero attached hydrogens (tertiary/aromatic N) is 3.